The van der Waals surface area contributed by atoms with Crippen molar-refractivity contribution in [1.82, 2.24) is 9.97 Å². The Kier molecular flexibility index (Phi) is 11.9. The van der Waals surface area contributed by atoms with Crippen LogP contribution in [-0.2, 0) is 24.9 Å². The summed E-state index contributed by atoms with van der Waals surface area (Å²) < 4.78 is 0. The smallest absolute Gasteiger partial charge is 0.155 e. The summed E-state index contributed by atoms with van der Waals surface area (Å²) in [5.74, 6) is -0.0625. The molecule has 0 saturated carbocycles. The van der Waals surface area contributed by atoms with Gasteiger partial charge in [-0.3, -0.25) is 14.8 Å². The monoisotopic (exact) mass is 729 g/mol. The molecule has 5 heteroatoms. The Morgan fingerprint density at radius 1 is 0.667 bits per heavy atom. The summed E-state index contributed by atoms with van der Waals surface area (Å²) in [6.45, 7) is 7.09. The molecule has 1 radical (unpaired) electrons. The van der Waals surface area contributed by atoms with E-state index in [9.17, 15) is 4.79 Å². The number of aryl methyl sites for hydroxylation is 2. The van der Waals surface area contributed by atoms with Gasteiger partial charge in [0.1, 0.15) is 0 Å². The number of hydrogen-bond donors (Lipinski definition) is 1. The number of hydrogen-bond acceptors (Lipinski definition) is 4. The van der Waals surface area contributed by atoms with Crippen molar-refractivity contribution in [3.8, 4) is 22.5 Å². The molecule has 1 N–H and O–H groups in total. The van der Waals surface area contributed by atoms with E-state index >= 15 is 0 Å². The fourth-order valence-corrected chi connectivity index (χ4v) is 4.37. The van der Waals surface area contributed by atoms with Gasteiger partial charge in [0.25, 0.3) is 0 Å². The van der Waals surface area contributed by atoms with Gasteiger partial charge in [0.05, 0.1) is 16.8 Å². The van der Waals surface area contributed by atoms with Crippen molar-refractivity contribution in [3.05, 3.63) is 144 Å². The van der Waals surface area contributed by atoms with Crippen LogP contribution in [0.3, 0.4) is 0 Å². The third-order valence-corrected chi connectivity index (χ3v) is 6.23. The molecule has 0 unspecified atom stereocenters. The molecule has 213 valence electrons. The zero-order valence-electron chi connectivity index (χ0n) is 24.1. The number of rotatable bonds is 3. The van der Waals surface area contributed by atoms with E-state index in [4.69, 9.17) is 5.11 Å². The number of nitrogens with zero attached hydrogens (tertiary/aromatic N) is 2. The molecule has 42 heavy (non-hydrogen) atoms. The molecule has 0 aliphatic rings. The minimum absolute atomic E-state index is 0. The fraction of sp³-hybridized carbons (Fsp3) is 0.108. The number of para-hydroxylation sites is 2. The molecule has 0 atom stereocenters. The van der Waals surface area contributed by atoms with Crippen LogP contribution >= 0.6 is 0 Å². The molecule has 6 rings (SSSR count). The van der Waals surface area contributed by atoms with E-state index in [0.717, 1.165) is 33.5 Å². The first-order chi connectivity index (χ1) is 19.8. The number of aliphatic hydroxyl groups excluding tert-OH is 1. The van der Waals surface area contributed by atoms with Crippen molar-refractivity contribution in [2.24, 2.45) is 0 Å². The van der Waals surface area contributed by atoms with Crippen molar-refractivity contribution in [2.75, 3.05) is 0 Å². The van der Waals surface area contributed by atoms with Gasteiger partial charge in [-0.15, -0.1) is 71.8 Å². The molecule has 0 bridgehead atoms. The number of aromatic nitrogens is 2. The van der Waals surface area contributed by atoms with Crippen molar-refractivity contribution < 1.29 is 30.0 Å². The van der Waals surface area contributed by atoms with Crippen LogP contribution in [-0.4, -0.2) is 20.9 Å². The van der Waals surface area contributed by atoms with E-state index in [1.54, 1.807) is 0 Å². The van der Waals surface area contributed by atoms with Crippen molar-refractivity contribution in [3.63, 3.8) is 0 Å². The summed E-state index contributed by atoms with van der Waals surface area (Å²) >= 11 is 0. The Hall–Kier alpha value is -4.44. The summed E-state index contributed by atoms with van der Waals surface area (Å²) in [5, 5.41) is 10.8. The maximum absolute atomic E-state index is 10.0. The molecule has 6 aromatic rings. The van der Waals surface area contributed by atoms with Crippen LogP contribution in [0.2, 0.25) is 0 Å². The van der Waals surface area contributed by atoms with Gasteiger partial charge in [-0.1, -0.05) is 48.5 Å². The number of ketones is 1. The van der Waals surface area contributed by atoms with Crippen molar-refractivity contribution in [1.29, 1.82) is 0 Å². The second-order valence-electron chi connectivity index (χ2n) is 9.63. The Labute approximate surface area is 261 Å². The normalized spacial score (nSPS) is 10.5. The minimum Gasteiger partial charge on any atom is -0.512 e. The van der Waals surface area contributed by atoms with Crippen LogP contribution in [0, 0.1) is 26.0 Å². The third-order valence-electron chi connectivity index (χ3n) is 6.23. The molecule has 0 fully saturated rings. The molecular formula is C37H32IrN2O2-2. The third kappa shape index (κ3) is 8.78. The average Bonchev–Trinajstić information content (AvgIpc) is 2.98. The first-order valence-corrected chi connectivity index (χ1v) is 13.4. The molecule has 0 saturated heterocycles. The number of allylic oxidation sites excluding steroid dienone is 2. The number of benzene rings is 4. The first-order valence-electron chi connectivity index (χ1n) is 13.4. The second-order valence-corrected chi connectivity index (χ2v) is 9.63. The molecule has 0 aliphatic carbocycles. The van der Waals surface area contributed by atoms with Crippen LogP contribution in [0.5, 0.6) is 0 Å². The summed E-state index contributed by atoms with van der Waals surface area (Å²) in [6, 6.07) is 43.0. The van der Waals surface area contributed by atoms with E-state index in [-0.39, 0.29) is 31.6 Å². The summed E-state index contributed by atoms with van der Waals surface area (Å²) in [4.78, 5) is 19.4. The van der Waals surface area contributed by atoms with E-state index in [1.165, 1.54) is 41.8 Å². The van der Waals surface area contributed by atoms with Crippen LogP contribution in [0.25, 0.3) is 44.3 Å². The molecule has 0 amide bonds. The van der Waals surface area contributed by atoms with Crippen LogP contribution in [0.4, 0.5) is 0 Å². The van der Waals surface area contributed by atoms with Gasteiger partial charge in [-0.2, -0.15) is 0 Å². The van der Waals surface area contributed by atoms with E-state index in [1.807, 2.05) is 72.8 Å². The zero-order chi connectivity index (χ0) is 29.2. The Morgan fingerprint density at radius 2 is 1.07 bits per heavy atom. The van der Waals surface area contributed by atoms with Crippen LogP contribution in [0.1, 0.15) is 25.0 Å². The Balaban J connectivity index is 0.000000186. The molecule has 0 aliphatic heterocycles. The maximum Gasteiger partial charge on any atom is 0.155 e. The molecule has 4 nitrogen and oxygen atoms in total. The predicted molar refractivity (Wildman–Crippen MR) is 169 cm³/mol. The number of pyridine rings is 2. The minimum atomic E-state index is -0.125. The van der Waals surface area contributed by atoms with Gasteiger partial charge in [0.15, 0.2) is 5.78 Å². The Morgan fingerprint density at radius 3 is 1.40 bits per heavy atom. The SMILES string of the molecule is CC(=O)C=C(C)O.Cc1cc(-c2[c-]cccc2)nc2ccccc12.Cc1cc(-c2[c-]cccc2)nc2ccccc12.[Ir]. The van der Waals surface area contributed by atoms with Gasteiger partial charge in [-0.25, -0.2) is 0 Å². The Bertz CT molecular complexity index is 1680. The van der Waals surface area contributed by atoms with E-state index in [2.05, 4.69) is 72.3 Å². The fourth-order valence-electron chi connectivity index (χ4n) is 4.37. The average molecular weight is 729 g/mol. The van der Waals surface area contributed by atoms with Gasteiger partial charge in [0, 0.05) is 37.0 Å². The molecule has 4 aromatic carbocycles. The predicted octanol–water partition coefficient (Wildman–Crippen LogP) is 9.06. The van der Waals surface area contributed by atoms with Gasteiger partial charge < -0.3 is 5.11 Å². The molecule has 2 aromatic heterocycles. The second kappa shape index (κ2) is 15.5. The van der Waals surface area contributed by atoms with E-state index < -0.39 is 0 Å². The maximum atomic E-state index is 10.0. The van der Waals surface area contributed by atoms with Crippen molar-refractivity contribution in [2.45, 2.75) is 27.7 Å². The first kappa shape index (κ1) is 32.1. The van der Waals surface area contributed by atoms with Crippen molar-refractivity contribution >= 4 is 27.6 Å². The van der Waals surface area contributed by atoms with Crippen LogP contribution < -0.4 is 0 Å². The quantitative estimate of drug-likeness (QED) is 0.112. The summed E-state index contributed by atoms with van der Waals surface area (Å²) in [5.41, 5.74) is 8.65. The number of aliphatic hydroxyl groups is 1. The van der Waals surface area contributed by atoms with Gasteiger partial charge in [-0.05, 0) is 62.3 Å². The summed E-state index contributed by atoms with van der Waals surface area (Å²) in [7, 11) is 0. The molecule has 0 spiro atoms. The largest absolute Gasteiger partial charge is 0.512 e. The topological polar surface area (TPSA) is 63.1 Å². The number of carbonyl (C=O) groups is 1. The van der Waals surface area contributed by atoms with E-state index in [0.29, 0.717) is 0 Å². The van der Waals surface area contributed by atoms with Gasteiger partial charge >= 0.3 is 0 Å². The number of fused-ring (bicyclic) bond motifs is 2. The molecule has 2 heterocycles. The zero-order valence-corrected chi connectivity index (χ0v) is 26.4. The standard InChI is InChI=1S/2C16H12N.C5H8O2.Ir/c2*1-12-11-16(13-7-3-2-4-8-13)17-15-10-6-5-9-14(12)15;1-4(6)3-5(2)7;/h2*2-7,9-11H,1H3;3,6H,1-2H3;/q2*-1;;. The number of carbonyl (C=O) groups excluding carboxylic acids is 1. The van der Waals surface area contributed by atoms with Gasteiger partial charge in [0.2, 0.25) is 0 Å². The molecular weight excluding hydrogens is 697 g/mol. The summed E-state index contributed by atoms with van der Waals surface area (Å²) in [6.07, 6.45) is 1.17. The van der Waals surface area contributed by atoms with Crippen LogP contribution in [0.15, 0.2) is 121 Å².